The first kappa shape index (κ1) is 25.8. The number of rotatable bonds is 8. The molecule has 0 spiro atoms. The van der Waals surface area contributed by atoms with Crippen molar-refractivity contribution in [2.75, 3.05) is 74.1 Å². The SMILES string of the molecule is CCOc1cc(NCCN2CCCC2)c(C)c(N2CCN(c3ncnc4n[nH]c(Br)c34)CC2)c1.Cl. The van der Waals surface area contributed by atoms with Gasteiger partial charge in [0.2, 0.25) is 0 Å². The minimum absolute atomic E-state index is 0. The molecule has 2 saturated heterocycles. The number of fused-ring (bicyclic) bond motifs is 1. The van der Waals surface area contributed by atoms with E-state index in [1.54, 1.807) is 6.33 Å². The quantitative estimate of drug-likeness (QED) is 0.423. The molecule has 2 fully saturated rings. The third-order valence-electron chi connectivity index (χ3n) is 6.81. The highest BCUT2D eigenvalue weighted by molar-refractivity contribution is 9.10. The van der Waals surface area contributed by atoms with Gasteiger partial charge in [0.25, 0.3) is 0 Å². The van der Waals surface area contributed by atoms with E-state index < -0.39 is 0 Å². The first-order valence-corrected chi connectivity index (χ1v) is 13.0. The van der Waals surface area contributed by atoms with Gasteiger partial charge in [-0.1, -0.05) is 0 Å². The van der Waals surface area contributed by atoms with Crippen molar-refractivity contribution in [3.05, 3.63) is 28.6 Å². The molecule has 35 heavy (non-hydrogen) atoms. The van der Waals surface area contributed by atoms with Gasteiger partial charge in [0.1, 0.15) is 22.5 Å². The van der Waals surface area contributed by atoms with Crippen LogP contribution in [0.4, 0.5) is 17.2 Å². The number of ether oxygens (including phenoxy) is 1. The van der Waals surface area contributed by atoms with E-state index in [1.165, 1.54) is 42.9 Å². The largest absolute Gasteiger partial charge is 0.494 e. The molecular weight excluding hydrogens is 532 g/mol. The van der Waals surface area contributed by atoms with E-state index in [-0.39, 0.29) is 12.4 Å². The summed E-state index contributed by atoms with van der Waals surface area (Å²) < 4.78 is 6.76. The fourth-order valence-electron chi connectivity index (χ4n) is 5.00. The van der Waals surface area contributed by atoms with E-state index in [0.717, 1.165) is 60.8 Å². The molecule has 0 atom stereocenters. The standard InChI is InChI=1S/C24H33BrN8O.ClH/c1-3-34-18-14-19(26-6-9-31-7-4-5-8-31)17(2)20(15-18)32-10-12-33(13-11-32)24-21-22(25)29-30-23(21)27-16-28-24;/h14-16,26H,3-13H2,1-2H3,(H,27,28,29,30);1H. The molecule has 2 aliphatic heterocycles. The van der Waals surface area contributed by atoms with Gasteiger partial charge < -0.3 is 24.8 Å². The van der Waals surface area contributed by atoms with E-state index in [1.807, 2.05) is 6.92 Å². The Balaban J connectivity index is 0.00000289. The highest BCUT2D eigenvalue weighted by atomic mass is 79.9. The van der Waals surface area contributed by atoms with Crippen LogP contribution in [-0.4, -0.2) is 84.0 Å². The van der Waals surface area contributed by atoms with E-state index >= 15 is 0 Å². The minimum atomic E-state index is 0. The Morgan fingerprint density at radius 1 is 1.06 bits per heavy atom. The second-order valence-electron chi connectivity index (χ2n) is 8.93. The Labute approximate surface area is 221 Å². The molecule has 0 aliphatic carbocycles. The van der Waals surface area contributed by atoms with Crippen molar-refractivity contribution >= 4 is 56.6 Å². The lowest BCUT2D eigenvalue weighted by Crippen LogP contribution is -2.47. The number of nitrogens with zero attached hydrogens (tertiary/aromatic N) is 6. The number of aromatic amines is 1. The number of hydrogen-bond donors (Lipinski definition) is 2. The normalized spacial score (nSPS) is 16.5. The summed E-state index contributed by atoms with van der Waals surface area (Å²) >= 11 is 3.56. The number of nitrogens with one attached hydrogen (secondary N) is 2. The van der Waals surface area contributed by atoms with Crippen LogP contribution in [-0.2, 0) is 0 Å². The second-order valence-corrected chi connectivity index (χ2v) is 9.72. The Kier molecular flexibility index (Phi) is 8.56. The third-order valence-corrected chi connectivity index (χ3v) is 7.39. The number of piperazine rings is 1. The van der Waals surface area contributed by atoms with Crippen molar-refractivity contribution in [1.29, 1.82) is 0 Å². The van der Waals surface area contributed by atoms with Crippen LogP contribution < -0.4 is 19.9 Å². The molecule has 2 N–H and O–H groups in total. The molecule has 0 bridgehead atoms. The van der Waals surface area contributed by atoms with Crippen molar-refractivity contribution in [3.63, 3.8) is 0 Å². The van der Waals surface area contributed by atoms with Gasteiger partial charge in [0.05, 0.1) is 12.0 Å². The fourth-order valence-corrected chi connectivity index (χ4v) is 5.44. The van der Waals surface area contributed by atoms with Crippen LogP contribution in [0.15, 0.2) is 23.1 Å². The van der Waals surface area contributed by atoms with Gasteiger partial charge in [-0.2, -0.15) is 5.10 Å². The van der Waals surface area contributed by atoms with Gasteiger partial charge >= 0.3 is 0 Å². The molecule has 11 heteroatoms. The summed E-state index contributed by atoms with van der Waals surface area (Å²) in [6.07, 6.45) is 4.24. The molecule has 190 valence electrons. The van der Waals surface area contributed by atoms with Gasteiger partial charge in [-0.3, -0.25) is 5.10 Å². The Hall–Kier alpha value is -2.30. The zero-order valence-corrected chi connectivity index (χ0v) is 22.8. The average Bonchev–Trinajstić information content (AvgIpc) is 3.51. The number of H-pyrrole nitrogens is 1. The molecule has 1 aromatic carbocycles. The van der Waals surface area contributed by atoms with Crippen LogP contribution in [0, 0.1) is 6.92 Å². The Morgan fingerprint density at radius 2 is 1.80 bits per heavy atom. The lowest BCUT2D eigenvalue weighted by molar-refractivity contribution is 0.340. The van der Waals surface area contributed by atoms with Gasteiger partial charge in [-0.15, -0.1) is 12.4 Å². The van der Waals surface area contributed by atoms with E-state index in [2.05, 4.69) is 75.2 Å². The Bertz CT molecular complexity index is 1130. The van der Waals surface area contributed by atoms with Gasteiger partial charge in [-0.05, 0) is 61.3 Å². The summed E-state index contributed by atoms with van der Waals surface area (Å²) in [7, 11) is 0. The van der Waals surface area contributed by atoms with Crippen LogP contribution in [0.25, 0.3) is 11.0 Å². The molecule has 0 unspecified atom stereocenters. The lowest BCUT2D eigenvalue weighted by Gasteiger charge is -2.38. The van der Waals surface area contributed by atoms with Crippen LogP contribution in [0.2, 0.25) is 0 Å². The number of hydrogen-bond acceptors (Lipinski definition) is 8. The molecule has 4 heterocycles. The van der Waals surface area contributed by atoms with Crippen LogP contribution in [0.1, 0.15) is 25.3 Å². The first-order valence-electron chi connectivity index (χ1n) is 12.2. The van der Waals surface area contributed by atoms with Crippen molar-refractivity contribution < 1.29 is 4.74 Å². The number of benzene rings is 1. The molecule has 0 saturated carbocycles. The van der Waals surface area contributed by atoms with Crippen LogP contribution in [0.5, 0.6) is 5.75 Å². The van der Waals surface area contributed by atoms with Gasteiger partial charge in [0, 0.05) is 62.8 Å². The summed E-state index contributed by atoms with van der Waals surface area (Å²) in [5, 5.41) is 11.8. The highest BCUT2D eigenvalue weighted by Crippen LogP contribution is 2.34. The highest BCUT2D eigenvalue weighted by Gasteiger charge is 2.24. The molecule has 0 amide bonds. The molecule has 2 aliphatic rings. The topological polar surface area (TPSA) is 85.4 Å². The van der Waals surface area contributed by atoms with Gasteiger partial charge in [0.15, 0.2) is 5.65 Å². The molecule has 9 nitrogen and oxygen atoms in total. The summed E-state index contributed by atoms with van der Waals surface area (Å²) in [5.74, 6) is 1.85. The van der Waals surface area contributed by atoms with E-state index in [4.69, 9.17) is 4.74 Å². The Morgan fingerprint density at radius 3 is 2.54 bits per heavy atom. The molecule has 2 aromatic heterocycles. The summed E-state index contributed by atoms with van der Waals surface area (Å²) in [6, 6.07) is 4.34. The molecule has 5 rings (SSSR count). The predicted octanol–water partition coefficient (Wildman–Crippen LogP) is 4.08. The maximum absolute atomic E-state index is 5.94. The third kappa shape index (κ3) is 5.59. The average molecular weight is 566 g/mol. The fraction of sp³-hybridized carbons (Fsp3) is 0.542. The number of aromatic nitrogens is 4. The van der Waals surface area contributed by atoms with Crippen molar-refractivity contribution in [3.8, 4) is 5.75 Å². The second kappa shape index (κ2) is 11.6. The van der Waals surface area contributed by atoms with E-state index in [0.29, 0.717) is 12.3 Å². The van der Waals surface area contributed by atoms with Gasteiger partial charge in [-0.25, -0.2) is 9.97 Å². The summed E-state index contributed by atoms with van der Waals surface area (Å²) in [4.78, 5) is 16.2. The van der Waals surface area contributed by atoms with Crippen molar-refractivity contribution in [2.45, 2.75) is 26.7 Å². The number of anilines is 3. The maximum atomic E-state index is 5.94. The van der Waals surface area contributed by atoms with Crippen molar-refractivity contribution in [1.82, 2.24) is 25.1 Å². The maximum Gasteiger partial charge on any atom is 0.187 e. The smallest absolute Gasteiger partial charge is 0.187 e. The molecular formula is C24H34BrClN8O. The summed E-state index contributed by atoms with van der Waals surface area (Å²) in [5.41, 5.74) is 4.37. The zero-order chi connectivity index (χ0) is 23.5. The number of likely N-dealkylation sites (tertiary alicyclic amines) is 1. The molecule has 0 radical (unpaired) electrons. The minimum Gasteiger partial charge on any atom is -0.494 e. The number of halogens is 2. The monoisotopic (exact) mass is 564 g/mol. The van der Waals surface area contributed by atoms with Crippen LogP contribution in [0.3, 0.4) is 0 Å². The lowest BCUT2D eigenvalue weighted by atomic mass is 10.1. The predicted molar refractivity (Wildman–Crippen MR) is 148 cm³/mol. The van der Waals surface area contributed by atoms with Crippen molar-refractivity contribution in [2.24, 2.45) is 0 Å². The van der Waals surface area contributed by atoms with Crippen LogP contribution >= 0.6 is 28.3 Å². The first-order chi connectivity index (χ1) is 16.6. The molecule has 3 aromatic rings. The zero-order valence-electron chi connectivity index (χ0n) is 20.4. The van der Waals surface area contributed by atoms with E-state index in [9.17, 15) is 0 Å². The summed E-state index contributed by atoms with van der Waals surface area (Å²) in [6.45, 7) is 13.0.